The highest BCUT2D eigenvalue weighted by Gasteiger charge is 2.35. The molecule has 1 fully saturated rings. The number of ether oxygens (including phenoxy) is 1. The van der Waals surface area contributed by atoms with E-state index in [1.54, 1.807) is 22.5 Å². The van der Waals surface area contributed by atoms with Gasteiger partial charge in [0.1, 0.15) is 5.82 Å². The molecule has 2 aromatic rings. The van der Waals surface area contributed by atoms with Gasteiger partial charge in [-0.15, -0.1) is 0 Å². The maximum absolute atomic E-state index is 12.8. The molecule has 0 aliphatic carbocycles. The lowest BCUT2D eigenvalue weighted by atomic mass is 10.2. The number of hydrogen-bond acceptors (Lipinski definition) is 5. The number of aryl methyl sites for hydroxylation is 2. The number of hydrogen-bond donors (Lipinski definition) is 1. The molecule has 1 aliphatic rings. The molecule has 2 atom stereocenters. The molecule has 3 heterocycles. The normalized spacial score (nSPS) is 20.7. The van der Waals surface area contributed by atoms with E-state index in [0.717, 1.165) is 17.8 Å². The number of likely N-dealkylation sites (tertiary alicyclic amines) is 1. The second-order valence-corrected chi connectivity index (χ2v) is 6.33. The van der Waals surface area contributed by atoms with Crippen LogP contribution in [0.2, 0.25) is 0 Å². The van der Waals surface area contributed by atoms with Crippen LogP contribution in [-0.4, -0.2) is 56.2 Å². The van der Waals surface area contributed by atoms with Crippen molar-refractivity contribution >= 4 is 11.7 Å². The van der Waals surface area contributed by atoms with Crippen molar-refractivity contribution in [1.29, 1.82) is 0 Å². The molecule has 3 rings (SSSR count). The van der Waals surface area contributed by atoms with E-state index in [-0.39, 0.29) is 18.1 Å². The maximum atomic E-state index is 12.8. The minimum absolute atomic E-state index is 0.0519. The molecule has 1 saturated heterocycles. The second-order valence-electron chi connectivity index (χ2n) is 6.33. The first-order chi connectivity index (χ1) is 11.5. The molecule has 0 bridgehead atoms. The van der Waals surface area contributed by atoms with E-state index in [9.17, 15) is 4.79 Å². The molecule has 2 N–H and O–H groups in total. The Labute approximate surface area is 141 Å². The molecule has 8 heteroatoms. The Kier molecular flexibility index (Phi) is 4.57. The Morgan fingerprint density at radius 1 is 1.46 bits per heavy atom. The van der Waals surface area contributed by atoms with Gasteiger partial charge in [0.25, 0.3) is 0 Å². The first-order valence-electron chi connectivity index (χ1n) is 8.07. The SMILES string of the molecule is CO[C@H]1C[C@@H](Cn2ccc(N)n2)N(C(=O)Cc2cc(C)nn2C)C1. The number of aromatic nitrogens is 4. The molecule has 0 unspecified atom stereocenters. The fourth-order valence-corrected chi connectivity index (χ4v) is 3.30. The summed E-state index contributed by atoms with van der Waals surface area (Å²) in [7, 11) is 3.55. The van der Waals surface area contributed by atoms with Gasteiger partial charge in [0.15, 0.2) is 0 Å². The largest absolute Gasteiger partial charge is 0.382 e. The third-order valence-corrected chi connectivity index (χ3v) is 4.52. The fourth-order valence-electron chi connectivity index (χ4n) is 3.30. The number of carbonyl (C=O) groups excluding carboxylic acids is 1. The van der Waals surface area contributed by atoms with E-state index in [0.29, 0.717) is 25.3 Å². The van der Waals surface area contributed by atoms with Gasteiger partial charge in [-0.25, -0.2) is 0 Å². The summed E-state index contributed by atoms with van der Waals surface area (Å²) < 4.78 is 9.03. The van der Waals surface area contributed by atoms with Gasteiger partial charge in [-0.1, -0.05) is 0 Å². The lowest BCUT2D eigenvalue weighted by Crippen LogP contribution is -2.39. The Balaban J connectivity index is 1.72. The highest BCUT2D eigenvalue weighted by atomic mass is 16.5. The summed E-state index contributed by atoms with van der Waals surface area (Å²) in [4.78, 5) is 14.7. The zero-order valence-electron chi connectivity index (χ0n) is 14.3. The van der Waals surface area contributed by atoms with Crippen LogP contribution in [0.25, 0.3) is 0 Å². The van der Waals surface area contributed by atoms with E-state index in [4.69, 9.17) is 10.5 Å². The standard InChI is InChI=1S/C16H24N6O2/c1-11-6-12(20(2)18-11)8-16(23)22-10-14(24-3)7-13(22)9-21-5-4-15(17)19-21/h4-6,13-14H,7-10H2,1-3H3,(H2,17,19)/t13-,14-/m0/s1. The van der Waals surface area contributed by atoms with E-state index in [2.05, 4.69) is 10.2 Å². The number of nitrogens with two attached hydrogens (primary N) is 1. The molecule has 130 valence electrons. The fraction of sp³-hybridized carbons (Fsp3) is 0.562. The number of rotatable bonds is 5. The van der Waals surface area contributed by atoms with Crippen molar-refractivity contribution in [2.75, 3.05) is 19.4 Å². The second kappa shape index (κ2) is 6.64. The van der Waals surface area contributed by atoms with Crippen LogP contribution in [0.1, 0.15) is 17.8 Å². The van der Waals surface area contributed by atoms with E-state index < -0.39 is 0 Å². The van der Waals surface area contributed by atoms with Crippen molar-refractivity contribution in [1.82, 2.24) is 24.5 Å². The van der Waals surface area contributed by atoms with Crippen LogP contribution in [-0.2, 0) is 29.5 Å². The van der Waals surface area contributed by atoms with E-state index >= 15 is 0 Å². The Morgan fingerprint density at radius 2 is 2.25 bits per heavy atom. The summed E-state index contributed by atoms with van der Waals surface area (Å²) in [5, 5.41) is 8.53. The first-order valence-corrected chi connectivity index (χ1v) is 8.07. The van der Waals surface area contributed by atoms with Crippen molar-refractivity contribution in [2.45, 2.75) is 38.5 Å². The lowest BCUT2D eigenvalue weighted by Gasteiger charge is -2.24. The van der Waals surface area contributed by atoms with Gasteiger partial charge in [-0.05, 0) is 25.5 Å². The first kappa shape index (κ1) is 16.5. The number of nitrogen functional groups attached to an aromatic ring is 1. The molecular formula is C16H24N6O2. The molecule has 0 saturated carbocycles. The van der Waals surface area contributed by atoms with Crippen molar-refractivity contribution in [3.63, 3.8) is 0 Å². The average molecular weight is 332 g/mol. The molecule has 0 aromatic carbocycles. The van der Waals surface area contributed by atoms with Crippen LogP contribution < -0.4 is 5.73 Å². The number of amides is 1. The van der Waals surface area contributed by atoms with Crippen LogP contribution in [0.3, 0.4) is 0 Å². The Hall–Kier alpha value is -2.35. The van der Waals surface area contributed by atoms with Crippen molar-refractivity contribution in [3.8, 4) is 0 Å². The van der Waals surface area contributed by atoms with Crippen molar-refractivity contribution < 1.29 is 9.53 Å². The molecule has 24 heavy (non-hydrogen) atoms. The number of carbonyl (C=O) groups is 1. The quantitative estimate of drug-likeness (QED) is 0.854. The summed E-state index contributed by atoms with van der Waals surface area (Å²) in [6.07, 6.45) is 3.03. The average Bonchev–Trinajstić information content (AvgIpc) is 3.20. The van der Waals surface area contributed by atoms with Gasteiger partial charge < -0.3 is 15.4 Å². The summed E-state index contributed by atoms with van der Waals surface area (Å²) in [6.45, 7) is 3.15. The van der Waals surface area contributed by atoms with Gasteiger partial charge in [-0.2, -0.15) is 10.2 Å². The number of nitrogens with zero attached hydrogens (tertiary/aromatic N) is 5. The molecular weight excluding hydrogens is 308 g/mol. The van der Waals surface area contributed by atoms with Gasteiger partial charge in [0.2, 0.25) is 5.91 Å². The molecule has 0 spiro atoms. The predicted octanol–water partition coefficient (Wildman–Crippen LogP) is 0.366. The molecule has 8 nitrogen and oxygen atoms in total. The molecule has 1 amide bonds. The van der Waals surface area contributed by atoms with E-state index in [1.165, 1.54) is 0 Å². The highest BCUT2D eigenvalue weighted by Crippen LogP contribution is 2.23. The van der Waals surface area contributed by atoms with Crippen LogP contribution >= 0.6 is 0 Å². The van der Waals surface area contributed by atoms with Crippen LogP contribution in [0.5, 0.6) is 0 Å². The Bertz CT molecular complexity index is 722. The maximum Gasteiger partial charge on any atom is 0.228 e. The highest BCUT2D eigenvalue weighted by molar-refractivity contribution is 5.79. The van der Waals surface area contributed by atoms with Gasteiger partial charge in [0.05, 0.1) is 30.8 Å². The monoisotopic (exact) mass is 332 g/mol. The van der Waals surface area contributed by atoms with Gasteiger partial charge in [-0.3, -0.25) is 14.2 Å². The van der Waals surface area contributed by atoms with Crippen molar-refractivity contribution in [3.05, 3.63) is 29.7 Å². The summed E-state index contributed by atoms with van der Waals surface area (Å²) in [5.41, 5.74) is 7.51. The van der Waals surface area contributed by atoms with E-state index in [1.807, 2.05) is 31.1 Å². The summed E-state index contributed by atoms with van der Waals surface area (Å²) >= 11 is 0. The van der Waals surface area contributed by atoms with Gasteiger partial charge >= 0.3 is 0 Å². The third kappa shape index (κ3) is 3.43. The third-order valence-electron chi connectivity index (χ3n) is 4.52. The lowest BCUT2D eigenvalue weighted by molar-refractivity contribution is -0.132. The number of methoxy groups -OCH3 is 1. The zero-order valence-corrected chi connectivity index (χ0v) is 14.3. The van der Waals surface area contributed by atoms with Crippen molar-refractivity contribution in [2.24, 2.45) is 7.05 Å². The molecule has 2 aromatic heterocycles. The zero-order chi connectivity index (χ0) is 17.3. The van der Waals surface area contributed by atoms with Crippen LogP contribution in [0.4, 0.5) is 5.82 Å². The predicted molar refractivity (Wildman–Crippen MR) is 89.2 cm³/mol. The topological polar surface area (TPSA) is 91.2 Å². The van der Waals surface area contributed by atoms with Crippen LogP contribution in [0.15, 0.2) is 18.3 Å². The van der Waals surface area contributed by atoms with Crippen LogP contribution in [0, 0.1) is 6.92 Å². The summed E-state index contributed by atoms with van der Waals surface area (Å²) in [5.74, 6) is 0.571. The van der Waals surface area contributed by atoms with Gasteiger partial charge in [0, 0.05) is 32.6 Å². The smallest absolute Gasteiger partial charge is 0.228 e. The minimum atomic E-state index is 0.0519. The minimum Gasteiger partial charge on any atom is -0.382 e. The molecule has 1 aliphatic heterocycles. The Morgan fingerprint density at radius 3 is 2.83 bits per heavy atom. The summed E-state index contributed by atoms with van der Waals surface area (Å²) in [6, 6.07) is 3.76. The number of anilines is 1. The molecule has 0 radical (unpaired) electrons.